The van der Waals surface area contributed by atoms with Gasteiger partial charge in [-0.2, -0.15) is 0 Å². The van der Waals surface area contributed by atoms with Gasteiger partial charge in [-0.05, 0) is 55.3 Å². The Morgan fingerprint density at radius 3 is 2.32 bits per heavy atom. The maximum atomic E-state index is 13.9. The summed E-state index contributed by atoms with van der Waals surface area (Å²) in [6.45, 7) is 4.97. The summed E-state index contributed by atoms with van der Waals surface area (Å²) in [5.41, 5.74) is 1.93. The zero-order valence-corrected chi connectivity index (χ0v) is 21.1. The van der Waals surface area contributed by atoms with Crippen LogP contribution in [0.4, 0.5) is 11.4 Å². The van der Waals surface area contributed by atoms with Gasteiger partial charge in [0.25, 0.3) is 5.91 Å². The molecule has 5 rings (SSSR count). The number of hydrogen-bond donors (Lipinski definition) is 0. The van der Waals surface area contributed by atoms with Crippen LogP contribution >= 0.6 is 0 Å². The Bertz CT molecular complexity index is 1280. The van der Waals surface area contributed by atoms with Gasteiger partial charge in [-0.3, -0.25) is 14.4 Å². The molecule has 2 aliphatic rings. The van der Waals surface area contributed by atoms with Crippen LogP contribution in [0.15, 0.2) is 72.8 Å². The molecule has 2 saturated heterocycles. The minimum Gasteiger partial charge on any atom is -0.495 e. The van der Waals surface area contributed by atoms with Crippen molar-refractivity contribution in [3.63, 3.8) is 0 Å². The van der Waals surface area contributed by atoms with Crippen molar-refractivity contribution in [1.82, 2.24) is 0 Å². The van der Waals surface area contributed by atoms with E-state index in [0.717, 1.165) is 17.7 Å². The first-order valence-corrected chi connectivity index (χ1v) is 12.5. The molecule has 8 heteroatoms. The van der Waals surface area contributed by atoms with Crippen molar-refractivity contribution in [1.29, 1.82) is 0 Å². The van der Waals surface area contributed by atoms with Crippen molar-refractivity contribution in [3.8, 4) is 17.2 Å². The predicted octanol–water partition coefficient (Wildman–Crippen LogP) is 4.93. The third-order valence-electron chi connectivity index (χ3n) is 6.52. The number of carbonyl (C=O) groups is 2. The van der Waals surface area contributed by atoms with Crippen LogP contribution in [-0.2, 0) is 14.4 Å². The van der Waals surface area contributed by atoms with Gasteiger partial charge in [0.1, 0.15) is 11.7 Å². The number of fused-ring (bicyclic) bond motifs is 1. The monoisotopic (exact) mass is 502 g/mol. The molecule has 2 heterocycles. The first kappa shape index (κ1) is 24.6. The molecule has 8 nitrogen and oxygen atoms in total. The molecule has 0 radical (unpaired) electrons. The molecule has 37 heavy (non-hydrogen) atoms. The fourth-order valence-electron chi connectivity index (χ4n) is 4.91. The second kappa shape index (κ2) is 10.5. The number of hydrogen-bond acceptors (Lipinski definition) is 7. The zero-order chi connectivity index (χ0) is 25.9. The van der Waals surface area contributed by atoms with E-state index < -0.39 is 24.0 Å². The summed E-state index contributed by atoms with van der Waals surface area (Å²) in [5, 5.41) is 1.67. The molecule has 3 atom stereocenters. The molecule has 2 aliphatic heterocycles. The van der Waals surface area contributed by atoms with E-state index in [0.29, 0.717) is 36.1 Å². The Morgan fingerprint density at radius 1 is 0.838 bits per heavy atom. The molecule has 3 aromatic rings. The molecule has 0 aliphatic carbocycles. The van der Waals surface area contributed by atoms with Crippen LogP contribution in [0.2, 0.25) is 0 Å². The third kappa shape index (κ3) is 4.38. The maximum Gasteiger partial charge on any atom is 0.266 e. The lowest BCUT2D eigenvalue weighted by atomic mass is 9.90. The molecule has 192 valence electrons. The van der Waals surface area contributed by atoms with E-state index >= 15 is 0 Å². The van der Waals surface area contributed by atoms with Crippen LogP contribution in [0.25, 0.3) is 0 Å². The Balaban J connectivity index is 1.59. The highest BCUT2D eigenvalue weighted by Gasteiger charge is 2.60. The topological polar surface area (TPSA) is 77.5 Å². The Kier molecular flexibility index (Phi) is 7.01. The lowest BCUT2D eigenvalue weighted by molar-refractivity contribution is -0.126. The summed E-state index contributed by atoms with van der Waals surface area (Å²) in [4.78, 5) is 35.0. The van der Waals surface area contributed by atoms with E-state index in [2.05, 4.69) is 0 Å². The van der Waals surface area contributed by atoms with Gasteiger partial charge >= 0.3 is 0 Å². The van der Waals surface area contributed by atoms with Crippen molar-refractivity contribution in [2.24, 2.45) is 5.92 Å². The summed E-state index contributed by atoms with van der Waals surface area (Å²) in [6.07, 6.45) is -0.112. The van der Waals surface area contributed by atoms with Crippen LogP contribution in [0.3, 0.4) is 0 Å². The number of benzene rings is 3. The van der Waals surface area contributed by atoms with Gasteiger partial charge in [0.2, 0.25) is 5.91 Å². The molecule has 0 unspecified atom stereocenters. The predicted molar refractivity (Wildman–Crippen MR) is 139 cm³/mol. The van der Waals surface area contributed by atoms with Crippen LogP contribution < -0.4 is 24.2 Å². The van der Waals surface area contributed by atoms with Crippen molar-refractivity contribution in [2.45, 2.75) is 32.4 Å². The van der Waals surface area contributed by atoms with E-state index in [1.807, 2.05) is 62.4 Å². The molecular formula is C29H30N2O6. The molecule has 0 aromatic heterocycles. The number of rotatable bonds is 9. The lowest BCUT2D eigenvalue weighted by Crippen LogP contribution is -2.37. The highest BCUT2D eigenvalue weighted by molar-refractivity contribution is 6.24. The summed E-state index contributed by atoms with van der Waals surface area (Å²) in [7, 11) is 1.51. The van der Waals surface area contributed by atoms with Crippen LogP contribution in [0.5, 0.6) is 17.2 Å². The van der Waals surface area contributed by atoms with Crippen molar-refractivity contribution >= 4 is 23.2 Å². The fourth-order valence-corrected chi connectivity index (χ4v) is 4.91. The minimum absolute atomic E-state index is 0.341. The van der Waals surface area contributed by atoms with Gasteiger partial charge in [-0.1, -0.05) is 43.3 Å². The quantitative estimate of drug-likeness (QED) is 0.384. The molecule has 2 amide bonds. The standard InChI is InChI=1S/C29H30N2O6/c1-4-17-36-23-16-15-19(18-24(23)35-5-2)26-25-27(37-31(26)20-11-7-6-8-12-20)29(33)30(28(25)32)21-13-9-10-14-22(21)34-3/h6-16,18,25-27H,4-5,17H2,1-3H3/t25-,26+,27+/m0/s1. The van der Waals surface area contributed by atoms with Gasteiger partial charge in [0.05, 0.1) is 37.7 Å². The number of amides is 2. The van der Waals surface area contributed by atoms with Gasteiger partial charge in [0.15, 0.2) is 17.6 Å². The van der Waals surface area contributed by atoms with Gasteiger partial charge in [-0.25, -0.2) is 9.96 Å². The molecule has 0 saturated carbocycles. The van der Waals surface area contributed by atoms with Gasteiger partial charge in [0, 0.05) is 0 Å². The molecule has 2 fully saturated rings. The van der Waals surface area contributed by atoms with Gasteiger partial charge in [-0.15, -0.1) is 0 Å². The smallest absolute Gasteiger partial charge is 0.266 e. The van der Waals surface area contributed by atoms with E-state index in [1.165, 1.54) is 12.0 Å². The van der Waals surface area contributed by atoms with Crippen LogP contribution in [0.1, 0.15) is 31.9 Å². The van der Waals surface area contributed by atoms with E-state index in [4.69, 9.17) is 19.0 Å². The number of methoxy groups -OCH3 is 1. The molecule has 0 spiro atoms. The van der Waals surface area contributed by atoms with Crippen molar-refractivity contribution < 1.29 is 28.6 Å². The normalized spacial score (nSPS) is 20.8. The average Bonchev–Trinajstić information content (AvgIpc) is 3.44. The van der Waals surface area contributed by atoms with Gasteiger partial charge < -0.3 is 14.2 Å². The highest BCUT2D eigenvalue weighted by atomic mass is 16.7. The van der Waals surface area contributed by atoms with Crippen LogP contribution in [0, 0.1) is 5.92 Å². The van der Waals surface area contributed by atoms with Crippen molar-refractivity contribution in [2.75, 3.05) is 30.3 Å². The number of imide groups is 1. The van der Waals surface area contributed by atoms with E-state index in [9.17, 15) is 9.59 Å². The fraction of sp³-hybridized carbons (Fsp3) is 0.310. The number of ether oxygens (including phenoxy) is 3. The number of carbonyl (C=O) groups excluding carboxylic acids is 2. The highest BCUT2D eigenvalue weighted by Crippen LogP contribution is 2.49. The van der Waals surface area contributed by atoms with Crippen molar-refractivity contribution in [3.05, 3.63) is 78.4 Å². The number of hydroxylamine groups is 1. The summed E-state index contributed by atoms with van der Waals surface area (Å²) in [6, 6.07) is 21.5. The number of anilines is 2. The largest absolute Gasteiger partial charge is 0.495 e. The van der Waals surface area contributed by atoms with E-state index in [1.54, 1.807) is 29.3 Å². The first-order chi connectivity index (χ1) is 18.1. The Labute approximate surface area is 216 Å². The maximum absolute atomic E-state index is 13.9. The first-order valence-electron chi connectivity index (χ1n) is 12.5. The Morgan fingerprint density at radius 2 is 1.59 bits per heavy atom. The molecule has 0 bridgehead atoms. The molecular weight excluding hydrogens is 472 g/mol. The summed E-state index contributed by atoms with van der Waals surface area (Å²) < 4.78 is 17.2. The molecule has 0 N–H and O–H groups in total. The third-order valence-corrected chi connectivity index (χ3v) is 6.52. The molecule has 3 aromatic carbocycles. The number of nitrogens with zero attached hydrogens (tertiary/aromatic N) is 2. The zero-order valence-electron chi connectivity index (χ0n) is 21.1. The van der Waals surface area contributed by atoms with E-state index in [-0.39, 0.29) is 5.91 Å². The lowest BCUT2D eigenvalue weighted by Gasteiger charge is -2.29. The second-order valence-corrected chi connectivity index (χ2v) is 8.83. The Hall–Kier alpha value is -4.04. The second-order valence-electron chi connectivity index (χ2n) is 8.83. The minimum atomic E-state index is -0.978. The number of para-hydroxylation sites is 3. The average molecular weight is 503 g/mol. The summed E-state index contributed by atoms with van der Waals surface area (Å²) in [5.74, 6) is 0.135. The van der Waals surface area contributed by atoms with Crippen LogP contribution in [-0.4, -0.2) is 38.2 Å². The summed E-state index contributed by atoms with van der Waals surface area (Å²) >= 11 is 0. The SMILES string of the molecule is CCCOc1ccc([C@@H]2[C@@H]3C(=O)N(c4ccccc4OC)C(=O)[C@@H]3ON2c2ccccc2)cc1OCC.